The molecule has 0 spiro atoms. The van der Waals surface area contributed by atoms with Crippen LogP contribution in [0.3, 0.4) is 0 Å². The number of aryl methyl sites for hydroxylation is 2. The van der Waals surface area contributed by atoms with E-state index in [1.807, 2.05) is 39.0 Å². The van der Waals surface area contributed by atoms with Crippen molar-refractivity contribution in [2.45, 2.75) is 40.0 Å². The Kier molecular flexibility index (Phi) is 4.92. The molecule has 0 saturated carbocycles. The van der Waals surface area contributed by atoms with E-state index < -0.39 is 0 Å². The molecule has 1 amide bonds. The number of nitrogens with zero attached hydrogens (tertiary/aromatic N) is 1. The van der Waals surface area contributed by atoms with Crippen LogP contribution in [0.15, 0.2) is 36.5 Å². The van der Waals surface area contributed by atoms with Crippen molar-refractivity contribution in [3.05, 3.63) is 70.2 Å². The van der Waals surface area contributed by atoms with Gasteiger partial charge in [0.25, 0.3) is 5.91 Å². The Balaban J connectivity index is 1.62. The van der Waals surface area contributed by atoms with E-state index >= 15 is 0 Å². The molecular formula is C23H23N3O3. The zero-order valence-electron chi connectivity index (χ0n) is 16.8. The number of anilines is 1. The van der Waals surface area contributed by atoms with E-state index in [1.165, 1.54) is 0 Å². The molecular weight excluding hydrogens is 366 g/mol. The predicted molar refractivity (Wildman–Crippen MR) is 111 cm³/mol. The molecule has 29 heavy (non-hydrogen) atoms. The van der Waals surface area contributed by atoms with Gasteiger partial charge in [-0.25, -0.2) is 4.98 Å². The maximum Gasteiger partial charge on any atom is 0.272 e. The topological polar surface area (TPSA) is 84.1 Å². The molecule has 0 bridgehead atoms. The molecule has 6 heteroatoms. The molecule has 0 unspecified atom stereocenters. The van der Waals surface area contributed by atoms with E-state index in [-0.39, 0.29) is 11.7 Å². The molecule has 0 saturated heterocycles. The molecule has 4 rings (SSSR count). The molecule has 0 radical (unpaired) electrons. The minimum absolute atomic E-state index is 0.0966. The third-order valence-electron chi connectivity index (χ3n) is 5.45. The smallest absolute Gasteiger partial charge is 0.272 e. The number of carbonyl (C=O) groups is 2. The van der Waals surface area contributed by atoms with Gasteiger partial charge < -0.3 is 15.0 Å². The number of hydrogen-bond donors (Lipinski definition) is 2. The van der Waals surface area contributed by atoms with Gasteiger partial charge in [0, 0.05) is 23.9 Å². The van der Waals surface area contributed by atoms with E-state index in [0.717, 1.165) is 29.7 Å². The fraction of sp³-hybridized carbons (Fsp3) is 0.261. The third-order valence-corrected chi connectivity index (χ3v) is 5.45. The number of H-pyrrole nitrogens is 1. The van der Waals surface area contributed by atoms with E-state index in [1.54, 1.807) is 18.3 Å². The Labute approximate surface area is 169 Å². The molecule has 6 nitrogen and oxygen atoms in total. The monoisotopic (exact) mass is 389 g/mol. The lowest BCUT2D eigenvalue weighted by molar-refractivity contribution is 0.0971. The van der Waals surface area contributed by atoms with Gasteiger partial charge in [-0.15, -0.1) is 0 Å². The normalized spacial score (nSPS) is 13.1. The Hall–Kier alpha value is -3.41. The minimum Gasteiger partial charge on any atom is -0.437 e. The number of pyridine rings is 1. The summed E-state index contributed by atoms with van der Waals surface area (Å²) >= 11 is 0. The number of nitrogens with one attached hydrogen (secondary N) is 2. The van der Waals surface area contributed by atoms with Crippen molar-refractivity contribution >= 4 is 17.4 Å². The highest BCUT2D eigenvalue weighted by molar-refractivity contribution is 6.08. The van der Waals surface area contributed by atoms with Crippen LogP contribution >= 0.6 is 0 Å². The minimum atomic E-state index is -0.316. The van der Waals surface area contributed by atoms with Crippen LogP contribution in [-0.4, -0.2) is 21.7 Å². The predicted octanol–water partition coefficient (Wildman–Crippen LogP) is 4.90. The lowest BCUT2D eigenvalue weighted by Crippen LogP contribution is -2.15. The van der Waals surface area contributed by atoms with Crippen LogP contribution in [0.5, 0.6) is 11.6 Å². The summed E-state index contributed by atoms with van der Waals surface area (Å²) in [6.07, 6.45) is 3.74. The van der Waals surface area contributed by atoms with Crippen LogP contribution in [-0.2, 0) is 6.42 Å². The van der Waals surface area contributed by atoms with Gasteiger partial charge in [0.1, 0.15) is 17.1 Å². The third kappa shape index (κ3) is 3.53. The summed E-state index contributed by atoms with van der Waals surface area (Å²) in [5.74, 6) is 0.791. The van der Waals surface area contributed by atoms with E-state index in [4.69, 9.17) is 4.74 Å². The van der Waals surface area contributed by atoms with Crippen LogP contribution in [0.1, 0.15) is 56.1 Å². The number of carbonyl (C=O) groups excluding carboxylic acids is 2. The van der Waals surface area contributed by atoms with Gasteiger partial charge in [-0.3, -0.25) is 9.59 Å². The number of aromatic nitrogens is 2. The standard InChI is InChI=1S/C23H23N3O3/c1-13-7-4-11-19(14(13)2)29-23-17(9-6-12-24-23)26-22(28)21-15(3)20-16(25-21)8-5-10-18(20)27/h4,6-7,9,11-12,25H,5,8,10H2,1-3H3,(H,26,28). The van der Waals surface area contributed by atoms with Gasteiger partial charge in [0.05, 0.1) is 0 Å². The second-order valence-electron chi connectivity index (χ2n) is 7.37. The fourth-order valence-electron chi connectivity index (χ4n) is 3.69. The van der Waals surface area contributed by atoms with Crippen LogP contribution in [0.25, 0.3) is 0 Å². The number of ether oxygens (including phenoxy) is 1. The molecule has 0 atom stereocenters. The maximum absolute atomic E-state index is 12.9. The molecule has 0 fully saturated rings. The van der Waals surface area contributed by atoms with Crippen molar-refractivity contribution in [3.8, 4) is 11.6 Å². The number of Topliss-reactive ketones (excluding diaryl/α,β-unsaturated/α-hetero) is 1. The highest BCUT2D eigenvalue weighted by atomic mass is 16.5. The van der Waals surface area contributed by atoms with Crippen molar-refractivity contribution < 1.29 is 14.3 Å². The first-order chi connectivity index (χ1) is 14.0. The quantitative estimate of drug-likeness (QED) is 0.665. The molecule has 0 aliphatic heterocycles. The fourth-order valence-corrected chi connectivity index (χ4v) is 3.69. The van der Waals surface area contributed by atoms with Gasteiger partial charge in [-0.2, -0.15) is 0 Å². The second kappa shape index (κ2) is 7.54. The van der Waals surface area contributed by atoms with Crippen molar-refractivity contribution in [1.29, 1.82) is 0 Å². The first-order valence-corrected chi connectivity index (χ1v) is 9.70. The summed E-state index contributed by atoms with van der Waals surface area (Å²) in [6.45, 7) is 5.81. The SMILES string of the molecule is Cc1cccc(Oc2ncccc2NC(=O)c2[nH]c3c(c2C)C(=O)CCC3)c1C. The van der Waals surface area contributed by atoms with Crippen molar-refractivity contribution in [2.24, 2.45) is 0 Å². The lowest BCUT2D eigenvalue weighted by atomic mass is 9.94. The summed E-state index contributed by atoms with van der Waals surface area (Å²) in [5, 5.41) is 2.88. The highest BCUT2D eigenvalue weighted by Gasteiger charge is 2.26. The molecule has 2 N–H and O–H groups in total. The first-order valence-electron chi connectivity index (χ1n) is 9.70. The van der Waals surface area contributed by atoms with Crippen LogP contribution in [0.2, 0.25) is 0 Å². The van der Waals surface area contributed by atoms with Gasteiger partial charge in [-0.05, 0) is 68.5 Å². The maximum atomic E-state index is 12.9. The molecule has 1 aliphatic carbocycles. The Morgan fingerprint density at radius 1 is 1.10 bits per heavy atom. The number of fused-ring (bicyclic) bond motifs is 1. The molecule has 1 aliphatic rings. The van der Waals surface area contributed by atoms with Gasteiger partial charge in [0.15, 0.2) is 5.78 Å². The Morgan fingerprint density at radius 3 is 2.72 bits per heavy atom. The highest BCUT2D eigenvalue weighted by Crippen LogP contribution is 2.31. The summed E-state index contributed by atoms with van der Waals surface area (Å²) < 4.78 is 6.00. The van der Waals surface area contributed by atoms with Crippen molar-refractivity contribution in [1.82, 2.24) is 9.97 Å². The number of rotatable bonds is 4. The summed E-state index contributed by atoms with van der Waals surface area (Å²) in [6, 6.07) is 9.29. The zero-order chi connectivity index (χ0) is 20.5. The van der Waals surface area contributed by atoms with Gasteiger partial charge in [-0.1, -0.05) is 12.1 Å². The molecule has 1 aromatic carbocycles. The summed E-state index contributed by atoms with van der Waals surface area (Å²) in [5.41, 5.74) is 5.22. The Morgan fingerprint density at radius 2 is 1.93 bits per heavy atom. The van der Waals surface area contributed by atoms with E-state index in [9.17, 15) is 9.59 Å². The van der Waals surface area contributed by atoms with Crippen LogP contribution in [0.4, 0.5) is 5.69 Å². The van der Waals surface area contributed by atoms with Crippen molar-refractivity contribution in [3.63, 3.8) is 0 Å². The molecule has 148 valence electrons. The summed E-state index contributed by atoms with van der Waals surface area (Å²) in [7, 11) is 0. The number of hydrogen-bond acceptors (Lipinski definition) is 4. The molecule has 2 heterocycles. The average molecular weight is 389 g/mol. The largest absolute Gasteiger partial charge is 0.437 e. The van der Waals surface area contributed by atoms with Gasteiger partial charge >= 0.3 is 0 Å². The van der Waals surface area contributed by atoms with Crippen LogP contribution in [0, 0.1) is 20.8 Å². The van der Waals surface area contributed by atoms with Crippen molar-refractivity contribution in [2.75, 3.05) is 5.32 Å². The van der Waals surface area contributed by atoms with Gasteiger partial charge in [0.2, 0.25) is 5.88 Å². The number of benzene rings is 1. The number of ketones is 1. The van der Waals surface area contributed by atoms with E-state index in [0.29, 0.717) is 40.6 Å². The number of aromatic amines is 1. The molecule has 2 aromatic heterocycles. The lowest BCUT2D eigenvalue weighted by Gasteiger charge is -2.13. The Bertz CT molecular complexity index is 1110. The zero-order valence-corrected chi connectivity index (χ0v) is 16.8. The average Bonchev–Trinajstić information content (AvgIpc) is 3.05. The molecule has 3 aromatic rings. The second-order valence-corrected chi connectivity index (χ2v) is 7.37. The summed E-state index contributed by atoms with van der Waals surface area (Å²) in [4.78, 5) is 32.6. The van der Waals surface area contributed by atoms with Crippen LogP contribution < -0.4 is 10.1 Å². The number of amides is 1. The van der Waals surface area contributed by atoms with E-state index in [2.05, 4.69) is 15.3 Å². The first kappa shape index (κ1) is 18.9.